The van der Waals surface area contributed by atoms with Crippen LogP contribution in [0.3, 0.4) is 0 Å². The van der Waals surface area contributed by atoms with Crippen molar-refractivity contribution >= 4 is 5.91 Å². The zero-order valence-electron chi connectivity index (χ0n) is 14.4. The Bertz CT molecular complexity index is 691. The highest BCUT2D eigenvalue weighted by atomic mass is 16.5. The third-order valence-corrected chi connectivity index (χ3v) is 4.04. The van der Waals surface area contributed by atoms with Gasteiger partial charge < -0.3 is 9.84 Å². The maximum atomic E-state index is 12.3. The molecule has 1 aromatic heterocycles. The number of hydrogen-bond donors (Lipinski definition) is 2. The Hall–Kier alpha value is -2.18. The molecule has 1 aliphatic heterocycles. The van der Waals surface area contributed by atoms with Gasteiger partial charge in [-0.3, -0.25) is 10.2 Å². The Morgan fingerprint density at radius 1 is 1.38 bits per heavy atom. The van der Waals surface area contributed by atoms with Crippen LogP contribution in [0, 0.1) is 0 Å². The van der Waals surface area contributed by atoms with Crippen LogP contribution in [-0.4, -0.2) is 35.2 Å². The van der Waals surface area contributed by atoms with Crippen LogP contribution in [0.5, 0.6) is 0 Å². The van der Waals surface area contributed by atoms with E-state index >= 15 is 0 Å². The molecule has 1 unspecified atom stereocenters. The van der Waals surface area contributed by atoms with E-state index in [0.29, 0.717) is 18.0 Å². The molecule has 1 atom stereocenters. The minimum Gasteiger partial charge on any atom is -0.360 e. The molecule has 2 N–H and O–H groups in total. The summed E-state index contributed by atoms with van der Waals surface area (Å²) in [5.41, 5.74) is 4.73. The molecule has 0 bridgehead atoms. The molecule has 2 heterocycles. The van der Waals surface area contributed by atoms with Gasteiger partial charge in [0.05, 0.1) is 6.04 Å². The monoisotopic (exact) mass is 328 g/mol. The average Bonchev–Trinajstić information content (AvgIpc) is 3.17. The Labute approximate surface area is 142 Å². The van der Waals surface area contributed by atoms with E-state index in [9.17, 15) is 4.79 Å². The van der Waals surface area contributed by atoms with Gasteiger partial charge in [-0.25, -0.2) is 5.01 Å². The van der Waals surface area contributed by atoms with Gasteiger partial charge in [-0.05, 0) is 5.56 Å². The second-order valence-corrected chi connectivity index (χ2v) is 7.23. The Morgan fingerprint density at radius 3 is 2.79 bits per heavy atom. The van der Waals surface area contributed by atoms with Crippen molar-refractivity contribution in [3.05, 3.63) is 53.4 Å². The van der Waals surface area contributed by atoms with Gasteiger partial charge in [0.25, 0.3) is 5.91 Å². The fourth-order valence-corrected chi connectivity index (χ4v) is 2.65. The first kappa shape index (κ1) is 16.7. The Balaban J connectivity index is 1.53. The highest BCUT2D eigenvalue weighted by molar-refractivity contribution is 5.92. The summed E-state index contributed by atoms with van der Waals surface area (Å²) in [6, 6.07) is 12.0. The summed E-state index contributed by atoms with van der Waals surface area (Å²) in [4.78, 5) is 12.3. The lowest BCUT2D eigenvalue weighted by Gasteiger charge is -2.15. The van der Waals surface area contributed by atoms with Crippen molar-refractivity contribution in [3.63, 3.8) is 0 Å². The molecule has 0 spiro atoms. The van der Waals surface area contributed by atoms with Crippen molar-refractivity contribution in [2.24, 2.45) is 0 Å². The van der Waals surface area contributed by atoms with Crippen molar-refractivity contribution in [2.75, 3.05) is 13.1 Å². The fraction of sp³-hybridized carbons (Fsp3) is 0.444. The number of carbonyl (C=O) groups is 1. The van der Waals surface area contributed by atoms with Crippen LogP contribution >= 0.6 is 0 Å². The topological polar surface area (TPSA) is 70.4 Å². The molecule has 0 radical (unpaired) electrons. The maximum absolute atomic E-state index is 12.3. The second kappa shape index (κ2) is 6.75. The molecule has 0 aliphatic carbocycles. The van der Waals surface area contributed by atoms with Crippen molar-refractivity contribution in [3.8, 4) is 0 Å². The summed E-state index contributed by atoms with van der Waals surface area (Å²) < 4.78 is 5.28. The van der Waals surface area contributed by atoms with E-state index in [4.69, 9.17) is 4.52 Å². The minimum atomic E-state index is -0.192. The number of amides is 1. The summed E-state index contributed by atoms with van der Waals surface area (Å²) in [5.74, 6) is 0.519. The normalized spacial score (nSPS) is 18.7. The first-order valence-corrected chi connectivity index (χ1v) is 8.22. The minimum absolute atomic E-state index is 0.0519. The Kier molecular flexibility index (Phi) is 4.69. The third-order valence-electron chi connectivity index (χ3n) is 4.04. The second-order valence-electron chi connectivity index (χ2n) is 7.23. The molecular weight excluding hydrogens is 304 g/mol. The maximum Gasteiger partial charge on any atom is 0.273 e. The first-order valence-electron chi connectivity index (χ1n) is 8.22. The number of nitrogens with one attached hydrogen (secondary N) is 2. The van der Waals surface area contributed by atoms with Crippen LogP contribution in [0.15, 0.2) is 40.9 Å². The van der Waals surface area contributed by atoms with E-state index < -0.39 is 0 Å². The molecule has 24 heavy (non-hydrogen) atoms. The van der Waals surface area contributed by atoms with Gasteiger partial charge in [0.1, 0.15) is 5.76 Å². The smallest absolute Gasteiger partial charge is 0.273 e. The standard InChI is InChI=1S/C18H24N4O2/c1-18(2,3)16-9-15(21-24-16)17(23)20-14-10-19-22(12-14)11-13-7-5-4-6-8-13/h4-9,14,19H,10-12H2,1-3H3,(H,20,23). The van der Waals surface area contributed by atoms with Crippen molar-refractivity contribution in [2.45, 2.75) is 38.8 Å². The molecule has 6 heteroatoms. The van der Waals surface area contributed by atoms with E-state index in [-0.39, 0.29) is 17.4 Å². The predicted molar refractivity (Wildman–Crippen MR) is 91.3 cm³/mol. The fourth-order valence-electron chi connectivity index (χ4n) is 2.65. The molecule has 128 valence electrons. The molecule has 1 amide bonds. The van der Waals surface area contributed by atoms with Gasteiger partial charge in [0.2, 0.25) is 0 Å². The van der Waals surface area contributed by atoms with Gasteiger partial charge in [0, 0.05) is 31.1 Å². The molecule has 1 fully saturated rings. The van der Waals surface area contributed by atoms with Crippen LogP contribution < -0.4 is 10.7 Å². The molecular formula is C18H24N4O2. The number of carbonyl (C=O) groups excluding carboxylic acids is 1. The molecule has 0 saturated carbocycles. The van der Waals surface area contributed by atoms with E-state index in [2.05, 4.69) is 33.0 Å². The van der Waals surface area contributed by atoms with Gasteiger partial charge in [-0.1, -0.05) is 56.3 Å². The zero-order chi connectivity index (χ0) is 17.2. The van der Waals surface area contributed by atoms with E-state index in [1.807, 2.05) is 39.0 Å². The lowest BCUT2D eigenvalue weighted by molar-refractivity contribution is 0.0930. The largest absolute Gasteiger partial charge is 0.360 e. The van der Waals surface area contributed by atoms with Gasteiger partial charge in [0.15, 0.2) is 5.69 Å². The van der Waals surface area contributed by atoms with Crippen LogP contribution in [0.4, 0.5) is 0 Å². The highest BCUT2D eigenvalue weighted by Gasteiger charge is 2.26. The first-order chi connectivity index (χ1) is 11.4. The average molecular weight is 328 g/mol. The summed E-state index contributed by atoms with van der Waals surface area (Å²) in [6.45, 7) is 8.35. The summed E-state index contributed by atoms with van der Waals surface area (Å²) >= 11 is 0. The summed E-state index contributed by atoms with van der Waals surface area (Å²) in [5, 5.41) is 9.02. The molecule has 1 saturated heterocycles. The SMILES string of the molecule is CC(C)(C)c1cc(C(=O)NC2CNN(Cc3ccccc3)C2)no1. The van der Waals surface area contributed by atoms with Crippen LogP contribution in [0.25, 0.3) is 0 Å². The van der Waals surface area contributed by atoms with Gasteiger partial charge >= 0.3 is 0 Å². The van der Waals surface area contributed by atoms with E-state index in [0.717, 1.165) is 13.1 Å². The van der Waals surface area contributed by atoms with Crippen molar-refractivity contribution in [1.82, 2.24) is 20.9 Å². The zero-order valence-corrected chi connectivity index (χ0v) is 14.4. The molecule has 1 aliphatic rings. The van der Waals surface area contributed by atoms with Gasteiger partial charge in [-0.15, -0.1) is 0 Å². The number of rotatable bonds is 4. The molecule has 2 aromatic rings. The predicted octanol–water partition coefficient (Wildman–Crippen LogP) is 2.09. The van der Waals surface area contributed by atoms with E-state index in [1.165, 1.54) is 5.56 Å². The number of nitrogens with zero attached hydrogens (tertiary/aromatic N) is 2. The quantitative estimate of drug-likeness (QED) is 0.899. The number of hydrogen-bond acceptors (Lipinski definition) is 5. The number of aromatic nitrogens is 1. The van der Waals surface area contributed by atoms with E-state index in [1.54, 1.807) is 6.07 Å². The third kappa shape index (κ3) is 4.01. The highest BCUT2D eigenvalue weighted by Crippen LogP contribution is 2.22. The number of benzene rings is 1. The summed E-state index contributed by atoms with van der Waals surface area (Å²) in [6.07, 6.45) is 0. The lowest BCUT2D eigenvalue weighted by Crippen LogP contribution is -2.38. The molecule has 6 nitrogen and oxygen atoms in total. The van der Waals surface area contributed by atoms with Crippen LogP contribution in [-0.2, 0) is 12.0 Å². The number of hydrazine groups is 1. The van der Waals surface area contributed by atoms with Gasteiger partial charge in [-0.2, -0.15) is 0 Å². The Morgan fingerprint density at radius 2 is 2.12 bits per heavy atom. The van der Waals surface area contributed by atoms with Crippen molar-refractivity contribution in [1.29, 1.82) is 0 Å². The molecule has 1 aromatic carbocycles. The van der Waals surface area contributed by atoms with Crippen LogP contribution in [0.1, 0.15) is 42.6 Å². The van der Waals surface area contributed by atoms with Crippen LogP contribution in [0.2, 0.25) is 0 Å². The molecule has 3 rings (SSSR count). The lowest BCUT2D eigenvalue weighted by atomic mass is 9.93. The summed E-state index contributed by atoms with van der Waals surface area (Å²) in [7, 11) is 0. The van der Waals surface area contributed by atoms with Crippen molar-refractivity contribution < 1.29 is 9.32 Å².